The molecule has 0 bridgehead atoms. The Balaban J connectivity index is 2.45. The molecular weight excluding hydrogens is 308 g/mol. The summed E-state index contributed by atoms with van der Waals surface area (Å²) in [6.45, 7) is 11.8. The predicted molar refractivity (Wildman–Crippen MR) is 94.8 cm³/mol. The Labute approximate surface area is 138 Å². The molecule has 0 saturated carbocycles. The Bertz CT molecular complexity index is 991. The Morgan fingerprint density at radius 1 is 1.21 bits per heavy atom. The third-order valence-corrected chi connectivity index (χ3v) is 4.27. The van der Waals surface area contributed by atoms with Gasteiger partial charge in [-0.25, -0.2) is 9.80 Å². The second-order valence-electron chi connectivity index (χ2n) is 5.79. The molecule has 0 aliphatic carbocycles. The fourth-order valence-electron chi connectivity index (χ4n) is 2.92. The van der Waals surface area contributed by atoms with Gasteiger partial charge in [0.05, 0.1) is 18.3 Å². The molecule has 126 valence electrons. The van der Waals surface area contributed by atoms with Gasteiger partial charge in [0.2, 0.25) is 5.95 Å². The number of hydrazone groups is 1. The van der Waals surface area contributed by atoms with E-state index in [9.17, 15) is 9.59 Å². The third kappa shape index (κ3) is 2.06. The van der Waals surface area contributed by atoms with Crippen LogP contribution in [0.1, 0.15) is 19.9 Å². The number of rotatable bonds is 4. The highest BCUT2D eigenvalue weighted by Crippen LogP contribution is 2.29. The summed E-state index contributed by atoms with van der Waals surface area (Å²) in [6.07, 6.45) is 3.24. The van der Waals surface area contributed by atoms with Crippen molar-refractivity contribution in [2.45, 2.75) is 26.4 Å². The van der Waals surface area contributed by atoms with E-state index in [4.69, 9.17) is 0 Å². The number of imidazole rings is 1. The van der Waals surface area contributed by atoms with Crippen LogP contribution >= 0.6 is 0 Å². The molecule has 2 aromatic heterocycles. The SMILES string of the molecule is C=CCN1N=C(C)[C@@H](C)n2c1nc1c2c(=O)n(CC=C)c(=O)n1C. The van der Waals surface area contributed by atoms with Crippen LogP contribution in [0.5, 0.6) is 0 Å². The van der Waals surface area contributed by atoms with Crippen LogP contribution in [0.4, 0.5) is 5.95 Å². The molecule has 0 radical (unpaired) electrons. The third-order valence-electron chi connectivity index (χ3n) is 4.27. The summed E-state index contributed by atoms with van der Waals surface area (Å²) in [5.74, 6) is 0.534. The lowest BCUT2D eigenvalue weighted by Gasteiger charge is -2.28. The summed E-state index contributed by atoms with van der Waals surface area (Å²) < 4.78 is 4.39. The maximum atomic E-state index is 12.9. The van der Waals surface area contributed by atoms with E-state index in [1.807, 2.05) is 18.4 Å². The summed E-state index contributed by atoms with van der Waals surface area (Å²) in [5, 5.41) is 6.20. The monoisotopic (exact) mass is 328 g/mol. The number of hydrogen-bond donors (Lipinski definition) is 0. The van der Waals surface area contributed by atoms with Gasteiger partial charge in [-0.15, -0.1) is 13.2 Å². The van der Waals surface area contributed by atoms with Crippen LogP contribution in [-0.4, -0.2) is 30.9 Å². The van der Waals surface area contributed by atoms with Crippen molar-refractivity contribution in [2.24, 2.45) is 12.1 Å². The lowest BCUT2D eigenvalue weighted by atomic mass is 10.2. The zero-order chi connectivity index (χ0) is 17.6. The van der Waals surface area contributed by atoms with E-state index in [1.165, 1.54) is 10.6 Å². The number of aryl methyl sites for hydroxylation is 1. The average Bonchev–Trinajstić information content (AvgIpc) is 2.96. The molecule has 1 aliphatic rings. The minimum atomic E-state index is -0.414. The highest BCUT2D eigenvalue weighted by molar-refractivity contribution is 5.91. The normalized spacial score (nSPS) is 16.9. The Morgan fingerprint density at radius 3 is 2.50 bits per heavy atom. The second kappa shape index (κ2) is 5.63. The van der Waals surface area contributed by atoms with Crippen LogP contribution in [0.3, 0.4) is 0 Å². The van der Waals surface area contributed by atoms with Gasteiger partial charge < -0.3 is 0 Å². The first-order valence-corrected chi connectivity index (χ1v) is 7.68. The molecule has 3 rings (SSSR count). The van der Waals surface area contributed by atoms with E-state index in [1.54, 1.807) is 18.1 Å². The summed E-state index contributed by atoms with van der Waals surface area (Å²) in [4.78, 5) is 29.9. The molecular formula is C16H20N6O2. The Morgan fingerprint density at radius 2 is 1.88 bits per heavy atom. The second-order valence-corrected chi connectivity index (χ2v) is 5.79. The largest absolute Gasteiger partial charge is 0.332 e. The Kier molecular flexibility index (Phi) is 3.75. The van der Waals surface area contributed by atoms with E-state index < -0.39 is 5.69 Å². The highest BCUT2D eigenvalue weighted by atomic mass is 16.2. The summed E-state index contributed by atoms with van der Waals surface area (Å²) in [5.41, 5.74) is 0.818. The van der Waals surface area contributed by atoms with Gasteiger partial charge in [0.15, 0.2) is 11.2 Å². The fourth-order valence-corrected chi connectivity index (χ4v) is 2.92. The van der Waals surface area contributed by atoms with Crippen molar-refractivity contribution in [1.82, 2.24) is 18.7 Å². The highest BCUT2D eigenvalue weighted by Gasteiger charge is 2.29. The number of nitrogens with zero attached hydrogens (tertiary/aromatic N) is 6. The first-order valence-electron chi connectivity index (χ1n) is 7.68. The molecule has 2 aromatic rings. The van der Waals surface area contributed by atoms with Crippen molar-refractivity contribution in [3.8, 4) is 0 Å². The van der Waals surface area contributed by atoms with Crippen LogP contribution in [-0.2, 0) is 13.6 Å². The van der Waals surface area contributed by atoms with E-state index in [0.29, 0.717) is 23.7 Å². The van der Waals surface area contributed by atoms with Gasteiger partial charge in [0.1, 0.15) is 0 Å². The van der Waals surface area contributed by atoms with Gasteiger partial charge in [-0.1, -0.05) is 12.2 Å². The maximum Gasteiger partial charge on any atom is 0.332 e. The number of hydrogen-bond acceptors (Lipinski definition) is 5. The minimum absolute atomic E-state index is 0.131. The molecule has 0 unspecified atom stereocenters. The smallest absolute Gasteiger partial charge is 0.294 e. The van der Waals surface area contributed by atoms with Crippen molar-refractivity contribution < 1.29 is 0 Å². The first kappa shape index (κ1) is 16.0. The van der Waals surface area contributed by atoms with E-state index in [-0.39, 0.29) is 18.1 Å². The van der Waals surface area contributed by atoms with Gasteiger partial charge in [-0.2, -0.15) is 10.1 Å². The molecule has 24 heavy (non-hydrogen) atoms. The standard InChI is InChI=1S/C16H20N6O2/c1-6-8-20-14(23)12-13(19(5)16(20)24)17-15-21(9-7-2)18-10(3)11(4)22(12)15/h6-7,11H,1-2,8-9H2,3-5H3/t11-/m1/s1. The molecule has 0 fully saturated rings. The van der Waals surface area contributed by atoms with Crippen molar-refractivity contribution in [3.05, 3.63) is 46.1 Å². The van der Waals surface area contributed by atoms with Gasteiger partial charge in [-0.3, -0.25) is 18.5 Å². The molecule has 0 saturated heterocycles. The van der Waals surface area contributed by atoms with Crippen LogP contribution in [0.25, 0.3) is 11.2 Å². The summed E-state index contributed by atoms with van der Waals surface area (Å²) in [7, 11) is 1.61. The first-order chi connectivity index (χ1) is 11.4. The van der Waals surface area contributed by atoms with E-state index in [0.717, 1.165) is 10.3 Å². The number of anilines is 1. The van der Waals surface area contributed by atoms with Gasteiger partial charge in [-0.05, 0) is 13.8 Å². The van der Waals surface area contributed by atoms with E-state index >= 15 is 0 Å². The van der Waals surface area contributed by atoms with Gasteiger partial charge in [0.25, 0.3) is 5.56 Å². The fraction of sp³-hybridized carbons (Fsp3) is 0.375. The molecule has 0 aromatic carbocycles. The summed E-state index contributed by atoms with van der Waals surface area (Å²) in [6, 6.07) is -0.131. The maximum absolute atomic E-state index is 12.9. The number of fused-ring (bicyclic) bond motifs is 3. The quantitative estimate of drug-likeness (QED) is 0.785. The predicted octanol–water partition coefficient (Wildman–Crippen LogP) is 1.03. The molecule has 3 heterocycles. The van der Waals surface area contributed by atoms with E-state index in [2.05, 4.69) is 23.2 Å². The molecule has 0 spiro atoms. The molecule has 1 aliphatic heterocycles. The Hall–Kier alpha value is -2.90. The lowest BCUT2D eigenvalue weighted by Crippen LogP contribution is -2.40. The molecule has 8 nitrogen and oxygen atoms in total. The molecule has 8 heteroatoms. The summed E-state index contributed by atoms with van der Waals surface area (Å²) >= 11 is 0. The molecule has 1 atom stereocenters. The van der Waals surface area contributed by atoms with Crippen molar-refractivity contribution in [2.75, 3.05) is 11.6 Å². The topological polar surface area (TPSA) is 77.4 Å². The van der Waals surface area contributed by atoms with Crippen LogP contribution < -0.4 is 16.3 Å². The van der Waals surface area contributed by atoms with Crippen molar-refractivity contribution in [1.29, 1.82) is 0 Å². The zero-order valence-electron chi connectivity index (χ0n) is 14.1. The zero-order valence-corrected chi connectivity index (χ0v) is 14.1. The average molecular weight is 328 g/mol. The van der Waals surface area contributed by atoms with Crippen molar-refractivity contribution >= 4 is 22.8 Å². The minimum Gasteiger partial charge on any atom is -0.294 e. The molecule has 0 N–H and O–H groups in total. The van der Waals surface area contributed by atoms with Crippen LogP contribution in [0.2, 0.25) is 0 Å². The van der Waals surface area contributed by atoms with Crippen LogP contribution in [0.15, 0.2) is 40.0 Å². The van der Waals surface area contributed by atoms with Crippen LogP contribution in [0, 0.1) is 0 Å². The number of allylic oxidation sites excluding steroid dienone is 1. The molecule has 0 amide bonds. The number of aromatic nitrogens is 4. The van der Waals surface area contributed by atoms with Gasteiger partial charge >= 0.3 is 5.69 Å². The van der Waals surface area contributed by atoms with Gasteiger partial charge in [0, 0.05) is 13.6 Å². The van der Waals surface area contributed by atoms with Crippen molar-refractivity contribution in [3.63, 3.8) is 0 Å². The lowest BCUT2D eigenvalue weighted by molar-refractivity contribution is 0.638.